The Hall–Kier alpha value is -0.570. The maximum atomic E-state index is 12.0. The van der Waals surface area contributed by atoms with Crippen LogP contribution in [0.3, 0.4) is 0 Å². The van der Waals surface area contributed by atoms with Crippen LogP contribution in [0, 0.1) is 0 Å². The van der Waals surface area contributed by atoms with Gasteiger partial charge in [-0.05, 0) is 32.1 Å². The van der Waals surface area contributed by atoms with Crippen molar-refractivity contribution in [2.45, 2.75) is 64.0 Å². The van der Waals surface area contributed by atoms with Crippen LogP contribution in [0.25, 0.3) is 0 Å². The Bertz CT molecular complexity index is 234. The van der Waals surface area contributed by atoms with Gasteiger partial charge >= 0.3 is 0 Å². The van der Waals surface area contributed by atoms with E-state index in [4.69, 9.17) is 0 Å². The molecular weight excluding hydrogens is 200 g/mol. The monoisotopic (exact) mass is 224 g/mol. The van der Waals surface area contributed by atoms with Crippen LogP contribution in [0.1, 0.15) is 51.9 Å². The lowest BCUT2D eigenvalue weighted by Crippen LogP contribution is -2.36. The lowest BCUT2D eigenvalue weighted by Gasteiger charge is -2.22. The van der Waals surface area contributed by atoms with Crippen LogP contribution in [-0.2, 0) is 4.79 Å². The molecule has 0 radical (unpaired) electrons. The van der Waals surface area contributed by atoms with Crippen LogP contribution in [0.15, 0.2) is 0 Å². The topological polar surface area (TPSA) is 32.3 Å². The fourth-order valence-corrected chi connectivity index (χ4v) is 2.04. The highest BCUT2D eigenvalue weighted by atomic mass is 16.2. The zero-order valence-corrected chi connectivity index (χ0v) is 10.4. The number of nitrogens with one attached hydrogen (secondary N) is 1. The van der Waals surface area contributed by atoms with Gasteiger partial charge in [-0.15, -0.1) is 0 Å². The zero-order chi connectivity index (χ0) is 11.4. The number of carbonyl (C=O) groups is 1. The van der Waals surface area contributed by atoms with E-state index in [1.54, 1.807) is 0 Å². The fraction of sp³-hybridized carbons (Fsp3) is 0.923. The predicted octanol–water partition coefficient (Wildman–Crippen LogP) is 1.92. The number of nitrogens with zero attached hydrogens (tertiary/aromatic N) is 1. The lowest BCUT2D eigenvalue weighted by molar-refractivity contribution is -0.131. The minimum atomic E-state index is 0.365. The Morgan fingerprint density at radius 2 is 2.06 bits per heavy atom. The summed E-state index contributed by atoms with van der Waals surface area (Å²) in [4.78, 5) is 14.1. The van der Waals surface area contributed by atoms with Crippen molar-refractivity contribution >= 4 is 5.91 Å². The SMILES string of the molecule is CCCCN(C(=O)CCNC1CC1)C1CC1. The zero-order valence-electron chi connectivity index (χ0n) is 10.4. The predicted molar refractivity (Wildman–Crippen MR) is 65.3 cm³/mol. The Morgan fingerprint density at radius 3 is 2.62 bits per heavy atom. The summed E-state index contributed by atoms with van der Waals surface area (Å²) in [6.07, 6.45) is 8.08. The maximum absolute atomic E-state index is 12.0. The Kier molecular flexibility index (Phi) is 4.22. The van der Waals surface area contributed by atoms with Crippen molar-refractivity contribution in [1.29, 1.82) is 0 Å². The largest absolute Gasteiger partial charge is 0.340 e. The number of rotatable bonds is 8. The first-order chi connectivity index (χ1) is 7.81. The Morgan fingerprint density at radius 1 is 1.31 bits per heavy atom. The van der Waals surface area contributed by atoms with E-state index in [1.807, 2.05) is 0 Å². The van der Waals surface area contributed by atoms with Crippen LogP contribution >= 0.6 is 0 Å². The molecule has 1 amide bonds. The van der Waals surface area contributed by atoms with Crippen molar-refractivity contribution in [2.24, 2.45) is 0 Å². The molecule has 16 heavy (non-hydrogen) atoms. The van der Waals surface area contributed by atoms with Gasteiger partial charge in [-0.3, -0.25) is 4.79 Å². The van der Waals surface area contributed by atoms with Crippen LogP contribution in [-0.4, -0.2) is 36.0 Å². The summed E-state index contributed by atoms with van der Waals surface area (Å²) in [5.74, 6) is 0.365. The molecule has 2 rings (SSSR count). The van der Waals surface area contributed by atoms with Gasteiger partial charge in [0, 0.05) is 31.6 Å². The number of amides is 1. The van der Waals surface area contributed by atoms with Gasteiger partial charge in [0.1, 0.15) is 0 Å². The van der Waals surface area contributed by atoms with E-state index in [1.165, 1.54) is 32.1 Å². The number of unbranched alkanes of at least 4 members (excludes halogenated alkanes) is 1. The highest BCUT2D eigenvalue weighted by molar-refractivity contribution is 5.77. The lowest BCUT2D eigenvalue weighted by atomic mass is 10.2. The third-order valence-electron chi connectivity index (χ3n) is 3.41. The first-order valence-electron chi connectivity index (χ1n) is 6.84. The summed E-state index contributed by atoms with van der Waals surface area (Å²) >= 11 is 0. The van der Waals surface area contributed by atoms with Gasteiger partial charge < -0.3 is 10.2 Å². The highest BCUT2D eigenvalue weighted by Gasteiger charge is 2.31. The quantitative estimate of drug-likeness (QED) is 0.683. The van der Waals surface area contributed by atoms with Gasteiger partial charge in [0.25, 0.3) is 0 Å². The van der Waals surface area contributed by atoms with Crippen molar-refractivity contribution in [3.8, 4) is 0 Å². The van der Waals surface area contributed by atoms with E-state index in [0.717, 1.165) is 25.6 Å². The Labute approximate surface area is 98.6 Å². The summed E-state index contributed by atoms with van der Waals surface area (Å²) in [5.41, 5.74) is 0. The highest BCUT2D eigenvalue weighted by Crippen LogP contribution is 2.27. The van der Waals surface area contributed by atoms with Crippen molar-refractivity contribution in [2.75, 3.05) is 13.1 Å². The van der Waals surface area contributed by atoms with Gasteiger partial charge in [-0.25, -0.2) is 0 Å². The van der Waals surface area contributed by atoms with Crippen LogP contribution < -0.4 is 5.32 Å². The fourth-order valence-electron chi connectivity index (χ4n) is 2.04. The molecule has 2 aliphatic carbocycles. The molecule has 0 aromatic rings. The van der Waals surface area contributed by atoms with E-state index < -0.39 is 0 Å². The van der Waals surface area contributed by atoms with E-state index in [0.29, 0.717) is 18.4 Å². The smallest absolute Gasteiger partial charge is 0.224 e. The van der Waals surface area contributed by atoms with Crippen molar-refractivity contribution < 1.29 is 4.79 Å². The van der Waals surface area contributed by atoms with Crippen LogP contribution in [0.4, 0.5) is 0 Å². The van der Waals surface area contributed by atoms with E-state index in [-0.39, 0.29) is 0 Å². The molecule has 0 saturated heterocycles. The molecule has 1 N–H and O–H groups in total. The van der Waals surface area contributed by atoms with Gasteiger partial charge in [0.15, 0.2) is 0 Å². The molecule has 3 heteroatoms. The Balaban J connectivity index is 1.65. The van der Waals surface area contributed by atoms with Gasteiger partial charge in [0.2, 0.25) is 5.91 Å². The standard InChI is InChI=1S/C13H24N2O/c1-2-3-10-15(12-6-7-12)13(16)8-9-14-11-4-5-11/h11-12,14H,2-10H2,1H3. The molecule has 0 aromatic heterocycles. The van der Waals surface area contributed by atoms with Crippen LogP contribution in [0.2, 0.25) is 0 Å². The minimum Gasteiger partial charge on any atom is -0.340 e. The second kappa shape index (κ2) is 5.67. The average Bonchev–Trinajstić information content (AvgIpc) is 3.13. The summed E-state index contributed by atoms with van der Waals surface area (Å²) in [6.45, 7) is 4.03. The molecule has 0 heterocycles. The molecule has 0 atom stereocenters. The second-order valence-corrected chi connectivity index (χ2v) is 5.15. The van der Waals surface area contributed by atoms with E-state index >= 15 is 0 Å². The van der Waals surface area contributed by atoms with Crippen molar-refractivity contribution in [1.82, 2.24) is 10.2 Å². The van der Waals surface area contributed by atoms with E-state index in [9.17, 15) is 4.79 Å². The van der Waals surface area contributed by atoms with Gasteiger partial charge in [-0.1, -0.05) is 13.3 Å². The van der Waals surface area contributed by atoms with Crippen molar-refractivity contribution in [3.63, 3.8) is 0 Å². The number of carbonyl (C=O) groups excluding carboxylic acids is 1. The molecule has 0 spiro atoms. The maximum Gasteiger partial charge on any atom is 0.224 e. The van der Waals surface area contributed by atoms with Gasteiger partial charge in [-0.2, -0.15) is 0 Å². The summed E-state index contributed by atoms with van der Waals surface area (Å²) in [6, 6.07) is 1.30. The number of hydrogen-bond donors (Lipinski definition) is 1. The summed E-state index contributed by atoms with van der Waals surface area (Å²) in [7, 11) is 0. The first kappa shape index (κ1) is 11.9. The molecule has 0 bridgehead atoms. The van der Waals surface area contributed by atoms with E-state index in [2.05, 4.69) is 17.1 Å². The first-order valence-corrected chi connectivity index (χ1v) is 6.84. The molecule has 2 fully saturated rings. The second-order valence-electron chi connectivity index (χ2n) is 5.15. The normalized spacial score (nSPS) is 19.8. The summed E-state index contributed by atoms with van der Waals surface area (Å²) in [5, 5.41) is 3.41. The molecule has 2 saturated carbocycles. The molecule has 3 nitrogen and oxygen atoms in total. The molecule has 0 unspecified atom stereocenters. The number of hydrogen-bond acceptors (Lipinski definition) is 2. The molecular formula is C13H24N2O. The minimum absolute atomic E-state index is 0.365. The molecule has 2 aliphatic rings. The van der Waals surface area contributed by atoms with Crippen LogP contribution in [0.5, 0.6) is 0 Å². The third kappa shape index (κ3) is 3.78. The third-order valence-corrected chi connectivity index (χ3v) is 3.41. The van der Waals surface area contributed by atoms with Gasteiger partial charge in [0.05, 0.1) is 0 Å². The van der Waals surface area contributed by atoms with Crippen molar-refractivity contribution in [3.05, 3.63) is 0 Å². The average molecular weight is 224 g/mol. The molecule has 0 aromatic carbocycles. The summed E-state index contributed by atoms with van der Waals surface area (Å²) < 4.78 is 0. The molecule has 0 aliphatic heterocycles. The molecule has 92 valence electrons.